The largest absolute Gasteiger partial charge is 0.495 e. The Hall–Kier alpha value is -1.22. The molecule has 1 aromatic carbocycles. The lowest BCUT2D eigenvalue weighted by molar-refractivity contribution is -0.115. The molecular weight excluding hydrogens is 190 g/mol. The van der Waals surface area contributed by atoms with Crippen molar-refractivity contribution in [1.29, 1.82) is 0 Å². The zero-order valence-electron chi connectivity index (χ0n) is 7.06. The lowest BCUT2D eigenvalue weighted by Gasteiger charge is -2.05. The van der Waals surface area contributed by atoms with E-state index in [1.165, 1.54) is 0 Å². The predicted molar refractivity (Wildman–Crippen MR) is 50.3 cm³/mol. The molecule has 1 aromatic rings. The molecule has 0 spiro atoms. The van der Waals surface area contributed by atoms with Gasteiger partial charge in [0.15, 0.2) is 0 Å². The molecular formula is C9H8ClNO2. The molecule has 0 saturated heterocycles. The first-order valence-corrected chi connectivity index (χ1v) is 4.25. The summed E-state index contributed by atoms with van der Waals surface area (Å²) in [6.45, 7) is 0. The number of rotatable bonds is 1. The second-order valence-electron chi connectivity index (χ2n) is 2.87. The minimum atomic E-state index is -0.000630. The molecule has 68 valence electrons. The maximum absolute atomic E-state index is 11.0. The van der Waals surface area contributed by atoms with E-state index < -0.39 is 0 Å². The Morgan fingerprint density at radius 2 is 2.31 bits per heavy atom. The Balaban J connectivity index is 2.50. The van der Waals surface area contributed by atoms with Gasteiger partial charge in [-0.1, -0.05) is 11.6 Å². The topological polar surface area (TPSA) is 38.3 Å². The molecule has 4 heteroatoms. The highest BCUT2D eigenvalue weighted by Crippen LogP contribution is 2.33. The van der Waals surface area contributed by atoms with E-state index in [9.17, 15) is 4.79 Å². The normalized spacial score (nSPS) is 13.8. The third-order valence-electron chi connectivity index (χ3n) is 2.00. The van der Waals surface area contributed by atoms with Gasteiger partial charge in [-0.25, -0.2) is 0 Å². The number of ether oxygens (including phenoxy) is 1. The van der Waals surface area contributed by atoms with Crippen molar-refractivity contribution in [3.8, 4) is 5.75 Å². The quantitative estimate of drug-likeness (QED) is 0.746. The molecule has 13 heavy (non-hydrogen) atoms. The molecule has 0 atom stereocenters. The third-order valence-corrected chi connectivity index (χ3v) is 2.30. The standard InChI is InChI=1S/C9H8ClNO2/c1-13-8-4-7-5(2-6(8)10)3-9(12)11-7/h2,4H,3H2,1H3,(H,11,12). The summed E-state index contributed by atoms with van der Waals surface area (Å²) in [5.41, 5.74) is 1.72. The Morgan fingerprint density at radius 3 is 3.00 bits per heavy atom. The molecule has 0 unspecified atom stereocenters. The van der Waals surface area contributed by atoms with Crippen LogP contribution in [0.3, 0.4) is 0 Å². The molecule has 1 N–H and O–H groups in total. The monoisotopic (exact) mass is 197 g/mol. The van der Waals surface area contributed by atoms with Crippen LogP contribution in [0.5, 0.6) is 5.75 Å². The number of nitrogens with one attached hydrogen (secondary N) is 1. The molecule has 0 fully saturated rings. The molecule has 1 amide bonds. The van der Waals surface area contributed by atoms with Crippen LogP contribution in [-0.2, 0) is 11.2 Å². The molecule has 0 bridgehead atoms. The maximum atomic E-state index is 11.0. The van der Waals surface area contributed by atoms with Gasteiger partial charge in [0.25, 0.3) is 0 Å². The van der Waals surface area contributed by atoms with E-state index >= 15 is 0 Å². The molecule has 3 nitrogen and oxygen atoms in total. The van der Waals surface area contributed by atoms with Crippen LogP contribution in [0.15, 0.2) is 12.1 Å². The van der Waals surface area contributed by atoms with E-state index in [1.807, 2.05) is 0 Å². The summed E-state index contributed by atoms with van der Waals surface area (Å²) in [6.07, 6.45) is 0.402. The van der Waals surface area contributed by atoms with Crippen LogP contribution in [0.2, 0.25) is 5.02 Å². The van der Waals surface area contributed by atoms with Crippen molar-refractivity contribution in [2.45, 2.75) is 6.42 Å². The second-order valence-corrected chi connectivity index (χ2v) is 3.28. The SMILES string of the molecule is COc1cc2c(cc1Cl)CC(=O)N2. The first-order valence-electron chi connectivity index (χ1n) is 3.87. The van der Waals surface area contributed by atoms with Crippen molar-refractivity contribution in [3.05, 3.63) is 22.7 Å². The minimum Gasteiger partial charge on any atom is -0.495 e. The smallest absolute Gasteiger partial charge is 0.228 e. The summed E-state index contributed by atoms with van der Waals surface area (Å²) in [7, 11) is 1.55. The van der Waals surface area contributed by atoms with Gasteiger partial charge >= 0.3 is 0 Å². The number of anilines is 1. The Kier molecular flexibility index (Phi) is 1.88. The minimum absolute atomic E-state index is 0.000630. The maximum Gasteiger partial charge on any atom is 0.228 e. The highest BCUT2D eigenvalue weighted by molar-refractivity contribution is 6.32. The molecule has 1 aliphatic heterocycles. The van der Waals surface area contributed by atoms with E-state index in [0.717, 1.165) is 11.3 Å². The highest BCUT2D eigenvalue weighted by atomic mass is 35.5. The Labute approximate surface area is 80.6 Å². The fraction of sp³-hybridized carbons (Fsp3) is 0.222. The molecule has 0 saturated carbocycles. The van der Waals surface area contributed by atoms with Gasteiger partial charge < -0.3 is 10.1 Å². The van der Waals surface area contributed by atoms with Crippen molar-refractivity contribution in [1.82, 2.24) is 0 Å². The summed E-state index contributed by atoms with van der Waals surface area (Å²) in [4.78, 5) is 11.0. The van der Waals surface area contributed by atoms with Gasteiger partial charge in [-0.05, 0) is 11.6 Å². The van der Waals surface area contributed by atoms with Crippen LogP contribution >= 0.6 is 11.6 Å². The van der Waals surface area contributed by atoms with E-state index in [4.69, 9.17) is 16.3 Å². The van der Waals surface area contributed by atoms with Crippen molar-refractivity contribution in [2.24, 2.45) is 0 Å². The van der Waals surface area contributed by atoms with Crippen LogP contribution in [0.1, 0.15) is 5.56 Å². The summed E-state index contributed by atoms with van der Waals surface area (Å²) < 4.78 is 5.02. The zero-order valence-corrected chi connectivity index (χ0v) is 7.81. The molecule has 2 rings (SSSR count). The number of amides is 1. The van der Waals surface area contributed by atoms with E-state index in [2.05, 4.69) is 5.32 Å². The highest BCUT2D eigenvalue weighted by Gasteiger charge is 2.19. The van der Waals surface area contributed by atoms with Crippen LogP contribution in [0, 0.1) is 0 Å². The van der Waals surface area contributed by atoms with E-state index in [0.29, 0.717) is 17.2 Å². The van der Waals surface area contributed by atoms with Gasteiger partial charge in [-0.2, -0.15) is 0 Å². The van der Waals surface area contributed by atoms with Crippen LogP contribution in [0.25, 0.3) is 0 Å². The summed E-state index contributed by atoms with van der Waals surface area (Å²) in [5, 5.41) is 3.26. The fourth-order valence-corrected chi connectivity index (χ4v) is 1.64. The number of hydrogen-bond acceptors (Lipinski definition) is 2. The van der Waals surface area contributed by atoms with Gasteiger partial charge in [-0.15, -0.1) is 0 Å². The van der Waals surface area contributed by atoms with Gasteiger partial charge in [0.1, 0.15) is 5.75 Å². The lowest BCUT2D eigenvalue weighted by atomic mass is 10.1. The van der Waals surface area contributed by atoms with Crippen LogP contribution in [-0.4, -0.2) is 13.0 Å². The Morgan fingerprint density at radius 1 is 1.54 bits per heavy atom. The van der Waals surface area contributed by atoms with Crippen molar-refractivity contribution in [3.63, 3.8) is 0 Å². The van der Waals surface area contributed by atoms with E-state index in [1.54, 1.807) is 19.2 Å². The number of fused-ring (bicyclic) bond motifs is 1. The molecule has 0 aliphatic carbocycles. The first kappa shape index (κ1) is 8.38. The van der Waals surface area contributed by atoms with Gasteiger partial charge in [0, 0.05) is 11.8 Å². The number of benzene rings is 1. The van der Waals surface area contributed by atoms with Crippen molar-refractivity contribution < 1.29 is 9.53 Å². The van der Waals surface area contributed by atoms with Gasteiger partial charge in [-0.3, -0.25) is 4.79 Å². The molecule has 1 aliphatic rings. The molecule has 0 radical (unpaired) electrons. The number of carbonyl (C=O) groups is 1. The average molecular weight is 198 g/mol. The van der Waals surface area contributed by atoms with Crippen LogP contribution in [0.4, 0.5) is 5.69 Å². The number of carbonyl (C=O) groups excluding carboxylic acids is 1. The van der Waals surface area contributed by atoms with Crippen LogP contribution < -0.4 is 10.1 Å². The molecule has 0 aromatic heterocycles. The number of hydrogen-bond donors (Lipinski definition) is 1. The second kappa shape index (κ2) is 2.92. The summed E-state index contributed by atoms with van der Waals surface area (Å²) in [6, 6.07) is 3.50. The Bertz CT molecular complexity index is 376. The predicted octanol–water partition coefficient (Wildman–Crippen LogP) is 1.84. The third kappa shape index (κ3) is 1.35. The summed E-state index contributed by atoms with van der Waals surface area (Å²) in [5.74, 6) is 0.585. The van der Waals surface area contributed by atoms with Crippen molar-refractivity contribution in [2.75, 3.05) is 12.4 Å². The first-order chi connectivity index (χ1) is 6.20. The zero-order chi connectivity index (χ0) is 9.42. The molecule has 1 heterocycles. The van der Waals surface area contributed by atoms with Gasteiger partial charge in [0.2, 0.25) is 5.91 Å². The van der Waals surface area contributed by atoms with E-state index in [-0.39, 0.29) is 5.91 Å². The lowest BCUT2D eigenvalue weighted by Crippen LogP contribution is -2.03. The average Bonchev–Trinajstić information content (AvgIpc) is 2.42. The van der Waals surface area contributed by atoms with Crippen molar-refractivity contribution >= 4 is 23.2 Å². The fourth-order valence-electron chi connectivity index (χ4n) is 1.38. The number of halogens is 1. The van der Waals surface area contributed by atoms with Gasteiger partial charge in [0.05, 0.1) is 18.6 Å². The number of methoxy groups -OCH3 is 1. The summed E-state index contributed by atoms with van der Waals surface area (Å²) >= 11 is 5.89.